The molecule has 5 nitrogen and oxygen atoms in total. The molecule has 0 saturated heterocycles. The van der Waals surface area contributed by atoms with E-state index < -0.39 is 12.1 Å². The van der Waals surface area contributed by atoms with Crippen molar-refractivity contribution in [3.63, 3.8) is 0 Å². The molecular weight excluding hydrogens is 316 g/mol. The van der Waals surface area contributed by atoms with Gasteiger partial charge in [0.1, 0.15) is 0 Å². The third kappa shape index (κ3) is 5.37. The van der Waals surface area contributed by atoms with Gasteiger partial charge in [-0.05, 0) is 54.9 Å². The van der Waals surface area contributed by atoms with Crippen LogP contribution in [0.25, 0.3) is 0 Å². The lowest BCUT2D eigenvalue weighted by Gasteiger charge is -2.22. The summed E-state index contributed by atoms with van der Waals surface area (Å²) in [5.41, 5.74) is 3.62. The second-order valence-corrected chi connectivity index (χ2v) is 6.27. The summed E-state index contributed by atoms with van der Waals surface area (Å²) in [5, 5.41) is 19.9. The molecule has 1 unspecified atom stereocenters. The first-order chi connectivity index (χ1) is 11.9. The molecule has 2 N–H and O–H groups in total. The minimum atomic E-state index is -0.991. The summed E-state index contributed by atoms with van der Waals surface area (Å²) in [7, 11) is 0. The third-order valence-corrected chi connectivity index (χ3v) is 4.33. The Morgan fingerprint density at radius 2 is 1.92 bits per heavy atom. The van der Waals surface area contributed by atoms with E-state index >= 15 is 0 Å². The van der Waals surface area contributed by atoms with Crippen LogP contribution in [0.2, 0.25) is 0 Å². The molecule has 134 valence electrons. The highest BCUT2D eigenvalue weighted by Crippen LogP contribution is 2.21. The first-order valence-corrected chi connectivity index (χ1v) is 8.62. The number of pyridine rings is 1. The van der Waals surface area contributed by atoms with Crippen LogP contribution in [0.15, 0.2) is 36.5 Å². The number of carboxylic acids is 1. The maximum atomic E-state index is 11.5. The highest BCUT2D eigenvalue weighted by atomic mass is 16.4. The van der Waals surface area contributed by atoms with Gasteiger partial charge in [0.2, 0.25) is 0 Å². The smallest absolute Gasteiger partial charge is 0.335 e. The second-order valence-electron chi connectivity index (χ2n) is 6.27. The molecule has 0 bridgehead atoms. The lowest BCUT2D eigenvalue weighted by Crippen LogP contribution is -2.28. The van der Waals surface area contributed by atoms with Gasteiger partial charge in [0, 0.05) is 24.9 Å². The first kappa shape index (κ1) is 19.1. The lowest BCUT2D eigenvalue weighted by molar-refractivity contribution is 0.0696. The number of aryl methyl sites for hydroxylation is 1. The minimum Gasteiger partial charge on any atom is -0.478 e. The van der Waals surface area contributed by atoms with Crippen LogP contribution in [0.4, 0.5) is 0 Å². The Balaban J connectivity index is 2.29. The standard InChI is InChI=1S/C20H26N2O3/c1-4-22(5-2)13-19(23)16-8-15(9-17(11-16)20(24)25)10-18-7-6-14(3)12-21-18/h6-9,11-12,19,23H,4-5,10,13H2,1-3H3,(H,24,25). The number of nitrogens with zero attached hydrogens (tertiary/aromatic N) is 2. The molecule has 1 aromatic carbocycles. The van der Waals surface area contributed by atoms with Crippen molar-refractivity contribution in [2.45, 2.75) is 33.3 Å². The predicted octanol–water partition coefficient (Wildman–Crippen LogP) is 3.05. The van der Waals surface area contributed by atoms with E-state index in [-0.39, 0.29) is 5.56 Å². The molecule has 1 heterocycles. The van der Waals surface area contributed by atoms with Gasteiger partial charge in [-0.2, -0.15) is 0 Å². The fourth-order valence-electron chi connectivity index (χ4n) is 2.78. The molecule has 5 heteroatoms. The van der Waals surface area contributed by atoms with E-state index in [2.05, 4.69) is 9.88 Å². The molecule has 1 aromatic heterocycles. The number of carbonyl (C=O) groups is 1. The Hall–Kier alpha value is -2.24. The quantitative estimate of drug-likeness (QED) is 0.771. The number of aromatic carboxylic acids is 1. The Labute approximate surface area is 149 Å². The second kappa shape index (κ2) is 8.74. The minimum absolute atomic E-state index is 0.193. The maximum absolute atomic E-state index is 11.5. The molecule has 0 spiro atoms. The Kier molecular flexibility index (Phi) is 6.67. The monoisotopic (exact) mass is 342 g/mol. The van der Waals surface area contributed by atoms with Gasteiger partial charge in [-0.3, -0.25) is 4.98 Å². The summed E-state index contributed by atoms with van der Waals surface area (Å²) in [6, 6.07) is 9.01. The van der Waals surface area contributed by atoms with Crippen LogP contribution in [0.5, 0.6) is 0 Å². The summed E-state index contributed by atoms with van der Waals surface area (Å²) in [6.07, 6.45) is 1.61. The molecule has 2 aromatic rings. The summed E-state index contributed by atoms with van der Waals surface area (Å²) in [4.78, 5) is 17.9. The molecule has 2 rings (SSSR count). The van der Waals surface area contributed by atoms with E-state index in [0.29, 0.717) is 18.5 Å². The molecule has 0 saturated carbocycles. The summed E-state index contributed by atoms with van der Waals surface area (Å²) < 4.78 is 0. The molecule has 1 atom stereocenters. The molecular formula is C20H26N2O3. The van der Waals surface area contributed by atoms with Crippen LogP contribution in [-0.4, -0.2) is 45.7 Å². The van der Waals surface area contributed by atoms with Gasteiger partial charge in [0.05, 0.1) is 11.7 Å². The zero-order valence-corrected chi connectivity index (χ0v) is 15.1. The maximum Gasteiger partial charge on any atom is 0.335 e. The van der Waals surface area contributed by atoms with Gasteiger partial charge in [0.15, 0.2) is 0 Å². The van der Waals surface area contributed by atoms with Crippen molar-refractivity contribution < 1.29 is 15.0 Å². The molecule has 0 aliphatic heterocycles. The van der Waals surface area contributed by atoms with Crippen molar-refractivity contribution in [2.24, 2.45) is 0 Å². The highest BCUT2D eigenvalue weighted by molar-refractivity contribution is 5.88. The number of hydrogen-bond donors (Lipinski definition) is 2. The van der Waals surface area contributed by atoms with E-state index in [4.69, 9.17) is 0 Å². The van der Waals surface area contributed by atoms with Crippen molar-refractivity contribution >= 4 is 5.97 Å². The summed E-state index contributed by atoms with van der Waals surface area (Å²) in [5.74, 6) is -0.991. The van der Waals surface area contributed by atoms with Gasteiger partial charge in [-0.15, -0.1) is 0 Å². The van der Waals surface area contributed by atoms with Gasteiger partial charge in [0.25, 0.3) is 0 Å². The van der Waals surface area contributed by atoms with E-state index in [1.54, 1.807) is 18.3 Å². The normalized spacial score (nSPS) is 12.4. The average Bonchev–Trinajstić information content (AvgIpc) is 2.61. The van der Waals surface area contributed by atoms with Gasteiger partial charge >= 0.3 is 5.97 Å². The van der Waals surface area contributed by atoms with Crippen LogP contribution in [0, 0.1) is 6.92 Å². The summed E-state index contributed by atoms with van der Waals surface area (Å²) in [6.45, 7) is 8.22. The van der Waals surface area contributed by atoms with Crippen LogP contribution < -0.4 is 0 Å². The van der Waals surface area contributed by atoms with Crippen molar-refractivity contribution in [3.8, 4) is 0 Å². The number of aliphatic hydroxyl groups is 1. The largest absolute Gasteiger partial charge is 0.478 e. The molecule has 0 aliphatic rings. The van der Waals surface area contributed by atoms with Crippen LogP contribution >= 0.6 is 0 Å². The van der Waals surface area contributed by atoms with Gasteiger partial charge in [-0.1, -0.05) is 26.0 Å². The van der Waals surface area contributed by atoms with E-state index in [9.17, 15) is 15.0 Å². The van der Waals surface area contributed by atoms with Crippen LogP contribution in [0.3, 0.4) is 0 Å². The van der Waals surface area contributed by atoms with Crippen LogP contribution in [-0.2, 0) is 6.42 Å². The van der Waals surface area contributed by atoms with Crippen molar-refractivity contribution in [2.75, 3.05) is 19.6 Å². The fraction of sp³-hybridized carbons (Fsp3) is 0.400. The van der Waals surface area contributed by atoms with Gasteiger partial charge in [-0.25, -0.2) is 4.79 Å². The van der Waals surface area contributed by atoms with Gasteiger partial charge < -0.3 is 15.1 Å². The average molecular weight is 342 g/mol. The number of benzene rings is 1. The SMILES string of the molecule is CCN(CC)CC(O)c1cc(Cc2ccc(C)cn2)cc(C(=O)O)c1. The number of carboxylic acid groups (broad SMARTS) is 1. The summed E-state index contributed by atoms with van der Waals surface area (Å²) >= 11 is 0. The number of aromatic nitrogens is 1. The number of rotatable bonds is 8. The number of likely N-dealkylation sites (N-methyl/N-ethyl adjacent to an activating group) is 1. The number of hydrogen-bond acceptors (Lipinski definition) is 4. The number of aliphatic hydroxyl groups excluding tert-OH is 1. The van der Waals surface area contributed by atoms with Crippen LogP contribution in [0.1, 0.15) is 52.7 Å². The highest BCUT2D eigenvalue weighted by Gasteiger charge is 2.15. The van der Waals surface area contributed by atoms with E-state index in [1.165, 1.54) is 0 Å². The zero-order valence-electron chi connectivity index (χ0n) is 15.1. The van der Waals surface area contributed by atoms with Crippen molar-refractivity contribution in [3.05, 3.63) is 64.5 Å². The predicted molar refractivity (Wildman–Crippen MR) is 97.9 cm³/mol. The molecule has 0 radical (unpaired) electrons. The van der Waals surface area contributed by atoms with E-state index in [0.717, 1.165) is 29.9 Å². The Morgan fingerprint density at radius 3 is 2.48 bits per heavy atom. The Morgan fingerprint density at radius 1 is 1.20 bits per heavy atom. The van der Waals surface area contributed by atoms with Crippen molar-refractivity contribution in [1.29, 1.82) is 0 Å². The van der Waals surface area contributed by atoms with E-state index in [1.807, 2.05) is 39.0 Å². The fourth-order valence-corrected chi connectivity index (χ4v) is 2.78. The molecule has 0 aliphatic carbocycles. The topological polar surface area (TPSA) is 73.7 Å². The van der Waals surface area contributed by atoms with Crippen molar-refractivity contribution in [1.82, 2.24) is 9.88 Å². The zero-order chi connectivity index (χ0) is 18.4. The lowest BCUT2D eigenvalue weighted by atomic mass is 9.98. The molecule has 25 heavy (non-hydrogen) atoms. The molecule has 0 fully saturated rings. The first-order valence-electron chi connectivity index (χ1n) is 8.62. The third-order valence-electron chi connectivity index (χ3n) is 4.33. The molecule has 0 amide bonds. The Bertz CT molecular complexity index is 709.